The first-order valence-corrected chi connectivity index (χ1v) is 12.5. The average molecular weight is 482 g/mol. The largest absolute Gasteiger partial charge is 0.479 e. The van der Waals surface area contributed by atoms with Gasteiger partial charge in [0.2, 0.25) is 0 Å². The Hall–Kier alpha value is -0.990. The molecule has 0 radical (unpaired) electrons. The summed E-state index contributed by atoms with van der Waals surface area (Å²) < 4.78 is 48.1. The lowest BCUT2D eigenvalue weighted by molar-refractivity contribution is -0.0541. The Bertz CT molecular complexity index is 998. The molecule has 0 aromatic carbocycles. The standard InChI is InChI=1S/C10H17N2O14P3/c13-6-1-2-12(10(16)11-6)9-8(15)7(14)5(25-9)3-24-29(22,23)26-28(20,21)4-27(17,18)19/h1-2,5,7-9,14-15H,3-4H2,(H,20,21)(H,22,23)(H,11,13,16)(H2,17,18,19)/t5-,7?,8+,9-/m1/s1. The molecule has 0 spiro atoms. The molecule has 1 aliphatic heterocycles. The minimum absolute atomic E-state index is 0.728. The first-order chi connectivity index (χ1) is 13.1. The normalized spacial score (nSPS) is 29.3. The number of ether oxygens (including phenoxy) is 1. The first kappa shape index (κ1) is 24.3. The van der Waals surface area contributed by atoms with Crippen molar-refractivity contribution in [3.63, 3.8) is 0 Å². The van der Waals surface area contributed by atoms with Crippen molar-refractivity contribution in [3.8, 4) is 0 Å². The molecule has 6 atom stereocenters. The average Bonchev–Trinajstić information content (AvgIpc) is 2.78. The van der Waals surface area contributed by atoms with Gasteiger partial charge < -0.3 is 34.5 Å². The number of H-pyrrole nitrogens is 1. The summed E-state index contributed by atoms with van der Waals surface area (Å²) in [6.45, 7) is -0.990. The topological polar surface area (TPSA) is 255 Å². The van der Waals surface area contributed by atoms with Crippen LogP contribution < -0.4 is 11.2 Å². The summed E-state index contributed by atoms with van der Waals surface area (Å²) in [6, 6.07) is 0.934. The summed E-state index contributed by atoms with van der Waals surface area (Å²) in [5.41, 5.74) is -1.72. The molecule has 1 saturated heterocycles. The van der Waals surface area contributed by atoms with E-state index in [0.29, 0.717) is 0 Å². The van der Waals surface area contributed by atoms with E-state index in [1.807, 2.05) is 4.98 Å². The maximum Gasteiger partial charge on any atom is 0.479 e. The molecule has 1 aromatic rings. The highest BCUT2D eigenvalue weighted by Crippen LogP contribution is 2.65. The molecule has 0 aliphatic carbocycles. The van der Waals surface area contributed by atoms with E-state index < -0.39 is 71.3 Å². The number of aromatic amines is 1. The van der Waals surface area contributed by atoms with Crippen molar-refractivity contribution >= 4 is 23.0 Å². The third-order valence-electron chi connectivity index (χ3n) is 3.46. The van der Waals surface area contributed by atoms with Crippen LogP contribution in [0.3, 0.4) is 0 Å². The van der Waals surface area contributed by atoms with Crippen LogP contribution in [-0.4, -0.2) is 70.2 Å². The number of aromatic nitrogens is 2. The fourth-order valence-corrected chi connectivity index (χ4v) is 6.68. The van der Waals surface area contributed by atoms with Gasteiger partial charge in [0, 0.05) is 12.3 Å². The highest BCUT2D eigenvalue weighted by Gasteiger charge is 2.46. The number of phosphoric ester groups is 1. The zero-order valence-electron chi connectivity index (χ0n) is 14.1. The molecule has 0 bridgehead atoms. The van der Waals surface area contributed by atoms with Gasteiger partial charge in [0.05, 0.1) is 6.61 Å². The molecular formula is C10H17N2O14P3. The Balaban J connectivity index is 2.06. The minimum Gasteiger partial charge on any atom is -0.387 e. The van der Waals surface area contributed by atoms with Gasteiger partial charge >= 0.3 is 28.7 Å². The maximum absolute atomic E-state index is 11.8. The van der Waals surface area contributed by atoms with Crippen molar-refractivity contribution in [2.45, 2.75) is 24.5 Å². The summed E-state index contributed by atoms with van der Waals surface area (Å²) in [7, 11) is -15.6. The Kier molecular flexibility index (Phi) is 7.23. The number of rotatable bonds is 8. The van der Waals surface area contributed by atoms with Crippen LogP contribution in [0.5, 0.6) is 0 Å². The zero-order chi connectivity index (χ0) is 22.2. The fraction of sp³-hybridized carbons (Fsp3) is 0.600. The number of hydrogen-bond acceptors (Lipinski definition) is 10. The second-order valence-corrected chi connectivity index (χ2v) is 11.4. The van der Waals surface area contributed by atoms with Gasteiger partial charge in [-0.3, -0.25) is 28.0 Å². The number of aliphatic hydroxyl groups is 2. The second kappa shape index (κ2) is 8.63. The summed E-state index contributed by atoms with van der Waals surface area (Å²) in [6.07, 6.45) is -5.56. The molecular weight excluding hydrogens is 465 g/mol. The molecule has 1 aliphatic rings. The minimum atomic E-state index is -5.35. The first-order valence-electron chi connectivity index (χ1n) is 7.48. The van der Waals surface area contributed by atoms with Crippen molar-refractivity contribution in [2.24, 2.45) is 0 Å². The van der Waals surface area contributed by atoms with Crippen molar-refractivity contribution in [1.82, 2.24) is 9.55 Å². The lowest BCUT2D eigenvalue weighted by atomic mass is 10.1. The molecule has 19 heteroatoms. The van der Waals surface area contributed by atoms with Crippen LogP contribution in [0, 0.1) is 0 Å². The molecule has 166 valence electrons. The molecule has 0 saturated carbocycles. The smallest absolute Gasteiger partial charge is 0.387 e. The van der Waals surface area contributed by atoms with Gasteiger partial charge in [-0.05, 0) is 0 Å². The molecule has 3 unspecified atom stereocenters. The lowest BCUT2D eigenvalue weighted by Crippen LogP contribution is -2.37. The van der Waals surface area contributed by atoms with Crippen LogP contribution in [0.4, 0.5) is 0 Å². The summed E-state index contributed by atoms with van der Waals surface area (Å²) in [5, 5.41) is 20.0. The Morgan fingerprint density at radius 3 is 2.28 bits per heavy atom. The van der Waals surface area contributed by atoms with E-state index >= 15 is 0 Å². The van der Waals surface area contributed by atoms with Crippen LogP contribution in [-0.2, 0) is 27.3 Å². The van der Waals surface area contributed by atoms with E-state index in [-0.39, 0.29) is 0 Å². The van der Waals surface area contributed by atoms with Gasteiger partial charge in [0.1, 0.15) is 18.3 Å². The van der Waals surface area contributed by atoms with E-state index in [9.17, 15) is 43.3 Å². The summed E-state index contributed by atoms with van der Waals surface area (Å²) in [5.74, 6) is -1.74. The Morgan fingerprint density at radius 2 is 1.72 bits per heavy atom. The predicted octanol–water partition coefficient (Wildman–Crippen LogP) is -2.39. The molecule has 2 rings (SSSR count). The third-order valence-corrected chi connectivity index (χ3v) is 8.68. The second-order valence-electron chi connectivity index (χ2n) is 5.85. The van der Waals surface area contributed by atoms with E-state index in [1.54, 1.807) is 0 Å². The SMILES string of the molecule is O=c1ccn([C@@H]2O[C@H](COP(=O)(O)OP(=O)(O)CP(=O)(O)O)C(O)[C@@H]2O)c(=O)[nH]1. The van der Waals surface area contributed by atoms with Gasteiger partial charge in [-0.15, -0.1) is 0 Å². The van der Waals surface area contributed by atoms with E-state index in [1.165, 1.54) is 0 Å². The predicted molar refractivity (Wildman–Crippen MR) is 90.8 cm³/mol. The Labute approximate surface area is 160 Å². The Morgan fingerprint density at radius 1 is 1.10 bits per heavy atom. The van der Waals surface area contributed by atoms with E-state index in [2.05, 4.69) is 8.83 Å². The van der Waals surface area contributed by atoms with Gasteiger partial charge in [-0.25, -0.2) is 13.7 Å². The summed E-state index contributed by atoms with van der Waals surface area (Å²) >= 11 is 0. The van der Waals surface area contributed by atoms with E-state index in [4.69, 9.17) is 14.5 Å². The zero-order valence-corrected chi connectivity index (χ0v) is 16.8. The monoisotopic (exact) mass is 482 g/mol. The number of nitrogens with one attached hydrogen (secondary N) is 1. The van der Waals surface area contributed by atoms with Gasteiger partial charge in [0.15, 0.2) is 12.1 Å². The van der Waals surface area contributed by atoms with Crippen molar-refractivity contribution < 1.29 is 57.1 Å². The van der Waals surface area contributed by atoms with Crippen molar-refractivity contribution in [1.29, 1.82) is 0 Å². The molecule has 2 heterocycles. The number of hydrogen-bond donors (Lipinski definition) is 7. The van der Waals surface area contributed by atoms with Crippen LogP contribution in [0.1, 0.15) is 6.23 Å². The third kappa shape index (κ3) is 6.76. The summed E-state index contributed by atoms with van der Waals surface area (Å²) in [4.78, 5) is 60.7. The number of nitrogens with zero attached hydrogens (tertiary/aromatic N) is 1. The van der Waals surface area contributed by atoms with Crippen LogP contribution >= 0.6 is 23.0 Å². The van der Waals surface area contributed by atoms with Crippen molar-refractivity contribution in [2.75, 3.05) is 12.5 Å². The maximum atomic E-state index is 11.8. The van der Waals surface area contributed by atoms with Gasteiger partial charge in [0.25, 0.3) is 5.56 Å². The molecule has 16 nitrogen and oxygen atoms in total. The quantitative estimate of drug-likeness (QED) is 0.191. The van der Waals surface area contributed by atoms with Crippen LogP contribution in [0.15, 0.2) is 21.9 Å². The lowest BCUT2D eigenvalue weighted by Gasteiger charge is -2.19. The van der Waals surface area contributed by atoms with E-state index in [0.717, 1.165) is 16.8 Å². The van der Waals surface area contributed by atoms with Gasteiger partial charge in [-0.2, -0.15) is 0 Å². The van der Waals surface area contributed by atoms with Crippen LogP contribution in [0.2, 0.25) is 0 Å². The van der Waals surface area contributed by atoms with Gasteiger partial charge in [-0.1, -0.05) is 0 Å². The van der Waals surface area contributed by atoms with Crippen molar-refractivity contribution in [3.05, 3.63) is 33.1 Å². The highest BCUT2D eigenvalue weighted by atomic mass is 31.3. The molecule has 0 amide bonds. The van der Waals surface area contributed by atoms with Crippen LogP contribution in [0.25, 0.3) is 0 Å². The molecule has 1 fully saturated rings. The number of phosphoric acid groups is 1. The molecule has 7 N–H and O–H groups in total. The molecule has 29 heavy (non-hydrogen) atoms. The molecule has 1 aromatic heterocycles. The fourth-order valence-electron chi connectivity index (χ4n) is 2.34. The number of aliphatic hydroxyl groups excluding tert-OH is 2. The highest BCUT2D eigenvalue weighted by molar-refractivity contribution is 7.73.